The minimum atomic E-state index is -3.56. The summed E-state index contributed by atoms with van der Waals surface area (Å²) in [5.41, 5.74) is 0.344. The van der Waals surface area contributed by atoms with Crippen LogP contribution >= 0.6 is 0 Å². The molecule has 1 aromatic heterocycles. The van der Waals surface area contributed by atoms with E-state index in [-0.39, 0.29) is 11.6 Å². The van der Waals surface area contributed by atoms with Crippen LogP contribution in [0.1, 0.15) is 31.2 Å². The Morgan fingerprint density at radius 2 is 1.84 bits per heavy atom. The standard InChI is InChI=1S/C12H19N3O3S/c16-8-11-5-13-14-12(11)19(17,18)15(6-9-1-2-9)7-10-3-4-10/h5,9-10,16H,1-4,6-8H2,(H,13,14). The maximum Gasteiger partial charge on any atom is 0.260 e. The van der Waals surface area contributed by atoms with Crippen molar-refractivity contribution in [2.24, 2.45) is 11.8 Å². The second-order valence-corrected chi connectivity index (χ2v) is 7.47. The van der Waals surface area contributed by atoms with Crippen LogP contribution in [-0.2, 0) is 16.6 Å². The van der Waals surface area contributed by atoms with Gasteiger partial charge in [0, 0.05) is 18.7 Å². The molecule has 0 unspecified atom stereocenters. The van der Waals surface area contributed by atoms with Crippen LogP contribution in [0.15, 0.2) is 11.2 Å². The quantitative estimate of drug-likeness (QED) is 0.772. The van der Waals surface area contributed by atoms with Gasteiger partial charge in [0.05, 0.1) is 12.8 Å². The number of H-pyrrole nitrogens is 1. The van der Waals surface area contributed by atoms with E-state index < -0.39 is 10.0 Å². The number of nitrogens with one attached hydrogen (secondary N) is 1. The van der Waals surface area contributed by atoms with E-state index in [1.165, 1.54) is 6.20 Å². The second-order valence-electron chi connectivity index (χ2n) is 5.59. The Bertz CT molecular complexity index is 532. The van der Waals surface area contributed by atoms with Gasteiger partial charge >= 0.3 is 0 Å². The Balaban J connectivity index is 1.85. The molecule has 0 aliphatic heterocycles. The van der Waals surface area contributed by atoms with E-state index in [0.717, 1.165) is 25.7 Å². The van der Waals surface area contributed by atoms with Crippen molar-refractivity contribution in [2.45, 2.75) is 37.3 Å². The monoisotopic (exact) mass is 285 g/mol. The van der Waals surface area contributed by atoms with Crippen LogP contribution in [0.3, 0.4) is 0 Å². The largest absolute Gasteiger partial charge is 0.392 e. The summed E-state index contributed by atoms with van der Waals surface area (Å²) >= 11 is 0. The normalized spacial score (nSPS) is 20.1. The van der Waals surface area contributed by atoms with Crippen molar-refractivity contribution in [2.75, 3.05) is 13.1 Å². The molecule has 2 N–H and O–H groups in total. The zero-order valence-electron chi connectivity index (χ0n) is 10.7. The number of nitrogens with zero attached hydrogens (tertiary/aromatic N) is 2. The zero-order valence-corrected chi connectivity index (χ0v) is 11.6. The Hall–Kier alpha value is -0.920. The average Bonchev–Trinajstić information content (AvgIpc) is 3.30. The van der Waals surface area contributed by atoms with Crippen molar-refractivity contribution in [1.29, 1.82) is 0 Å². The molecule has 106 valence electrons. The number of rotatable bonds is 7. The highest BCUT2D eigenvalue weighted by molar-refractivity contribution is 7.89. The maximum atomic E-state index is 12.6. The van der Waals surface area contributed by atoms with Gasteiger partial charge in [-0.3, -0.25) is 5.10 Å². The molecule has 2 saturated carbocycles. The summed E-state index contributed by atoms with van der Waals surface area (Å²) in [6.07, 6.45) is 5.84. The molecular formula is C12H19N3O3S. The van der Waals surface area contributed by atoms with Crippen molar-refractivity contribution < 1.29 is 13.5 Å². The Labute approximate surface area is 112 Å². The molecule has 0 aromatic carbocycles. The number of sulfonamides is 1. The van der Waals surface area contributed by atoms with E-state index in [4.69, 9.17) is 0 Å². The first-order valence-corrected chi connectivity index (χ1v) is 8.18. The van der Waals surface area contributed by atoms with Gasteiger partial charge in [0.2, 0.25) is 0 Å². The van der Waals surface area contributed by atoms with Crippen LogP contribution < -0.4 is 0 Å². The van der Waals surface area contributed by atoms with E-state index in [9.17, 15) is 13.5 Å². The Morgan fingerprint density at radius 3 is 2.32 bits per heavy atom. The number of aliphatic hydroxyl groups is 1. The fraction of sp³-hybridized carbons (Fsp3) is 0.750. The van der Waals surface area contributed by atoms with Gasteiger partial charge in [0.1, 0.15) is 0 Å². The van der Waals surface area contributed by atoms with Crippen molar-refractivity contribution in [3.05, 3.63) is 11.8 Å². The SMILES string of the molecule is O=S(=O)(c1[nH]ncc1CO)N(CC1CC1)CC1CC1. The van der Waals surface area contributed by atoms with E-state index in [0.29, 0.717) is 30.5 Å². The molecule has 0 saturated heterocycles. The van der Waals surface area contributed by atoms with E-state index >= 15 is 0 Å². The van der Waals surface area contributed by atoms with Crippen LogP contribution in [-0.4, -0.2) is 41.1 Å². The number of hydrogen-bond donors (Lipinski definition) is 2. The fourth-order valence-electron chi connectivity index (χ4n) is 2.21. The highest BCUT2D eigenvalue weighted by atomic mass is 32.2. The molecule has 1 heterocycles. The molecule has 0 amide bonds. The molecule has 2 aliphatic carbocycles. The summed E-state index contributed by atoms with van der Waals surface area (Å²) < 4.78 is 26.9. The number of aromatic nitrogens is 2. The zero-order chi connectivity index (χ0) is 13.5. The van der Waals surface area contributed by atoms with Crippen LogP contribution in [0, 0.1) is 11.8 Å². The topological polar surface area (TPSA) is 86.3 Å². The third-order valence-electron chi connectivity index (χ3n) is 3.76. The van der Waals surface area contributed by atoms with Gasteiger partial charge in [0.15, 0.2) is 5.03 Å². The minimum absolute atomic E-state index is 0.0521. The van der Waals surface area contributed by atoms with Crippen LogP contribution in [0.5, 0.6) is 0 Å². The smallest absolute Gasteiger partial charge is 0.260 e. The lowest BCUT2D eigenvalue weighted by Crippen LogP contribution is -2.35. The van der Waals surface area contributed by atoms with Crippen molar-refractivity contribution in [3.63, 3.8) is 0 Å². The first kappa shape index (κ1) is 13.1. The van der Waals surface area contributed by atoms with E-state index in [2.05, 4.69) is 10.2 Å². The first-order chi connectivity index (χ1) is 9.11. The molecule has 2 fully saturated rings. The van der Waals surface area contributed by atoms with Gasteiger partial charge < -0.3 is 5.11 Å². The molecule has 3 rings (SSSR count). The number of aromatic amines is 1. The molecule has 6 nitrogen and oxygen atoms in total. The molecule has 1 aromatic rings. The van der Waals surface area contributed by atoms with E-state index in [1.807, 2.05) is 0 Å². The predicted molar refractivity (Wildman–Crippen MR) is 68.7 cm³/mol. The molecule has 19 heavy (non-hydrogen) atoms. The minimum Gasteiger partial charge on any atom is -0.392 e. The first-order valence-electron chi connectivity index (χ1n) is 6.74. The summed E-state index contributed by atoms with van der Waals surface area (Å²) in [5.74, 6) is 1.02. The highest BCUT2D eigenvalue weighted by Crippen LogP contribution is 2.36. The summed E-state index contributed by atoms with van der Waals surface area (Å²) in [6, 6.07) is 0. The lowest BCUT2D eigenvalue weighted by molar-refractivity contribution is 0.277. The number of hydrogen-bond acceptors (Lipinski definition) is 4. The van der Waals surface area contributed by atoms with Crippen LogP contribution in [0.2, 0.25) is 0 Å². The van der Waals surface area contributed by atoms with Gasteiger partial charge in [-0.15, -0.1) is 0 Å². The fourth-order valence-corrected chi connectivity index (χ4v) is 3.90. The van der Waals surface area contributed by atoms with Gasteiger partial charge in [-0.1, -0.05) is 0 Å². The number of aliphatic hydroxyl groups excluding tert-OH is 1. The maximum absolute atomic E-state index is 12.6. The van der Waals surface area contributed by atoms with Crippen molar-refractivity contribution >= 4 is 10.0 Å². The molecule has 0 spiro atoms. The average molecular weight is 285 g/mol. The van der Waals surface area contributed by atoms with Crippen molar-refractivity contribution in [3.8, 4) is 0 Å². The Morgan fingerprint density at radius 1 is 1.26 bits per heavy atom. The molecular weight excluding hydrogens is 266 g/mol. The molecule has 0 radical (unpaired) electrons. The van der Waals surface area contributed by atoms with Crippen LogP contribution in [0.4, 0.5) is 0 Å². The van der Waals surface area contributed by atoms with E-state index in [1.54, 1.807) is 4.31 Å². The molecule has 0 bridgehead atoms. The third kappa shape index (κ3) is 2.82. The van der Waals surface area contributed by atoms with Crippen molar-refractivity contribution in [1.82, 2.24) is 14.5 Å². The van der Waals surface area contributed by atoms with Crippen LogP contribution in [0.25, 0.3) is 0 Å². The molecule has 0 atom stereocenters. The third-order valence-corrected chi connectivity index (χ3v) is 5.61. The summed E-state index contributed by atoms with van der Waals surface area (Å²) in [4.78, 5) is 0. The molecule has 7 heteroatoms. The van der Waals surface area contributed by atoms with Gasteiger partial charge in [-0.25, -0.2) is 8.42 Å². The van der Waals surface area contributed by atoms with Gasteiger partial charge in [-0.05, 0) is 37.5 Å². The highest BCUT2D eigenvalue weighted by Gasteiger charge is 2.37. The summed E-state index contributed by atoms with van der Waals surface area (Å²) in [5, 5.41) is 15.5. The Kier molecular flexibility index (Phi) is 3.36. The summed E-state index contributed by atoms with van der Waals surface area (Å²) in [7, 11) is -3.56. The summed E-state index contributed by atoms with van der Waals surface area (Å²) in [6.45, 7) is 0.886. The van der Waals surface area contributed by atoms with Gasteiger partial charge in [-0.2, -0.15) is 9.40 Å². The lowest BCUT2D eigenvalue weighted by Gasteiger charge is -2.21. The molecule has 2 aliphatic rings. The lowest BCUT2D eigenvalue weighted by atomic mass is 10.4. The van der Waals surface area contributed by atoms with Gasteiger partial charge in [0.25, 0.3) is 10.0 Å². The second kappa shape index (κ2) is 4.88. The predicted octanol–water partition coefficient (Wildman–Crippen LogP) is 0.713.